The summed E-state index contributed by atoms with van der Waals surface area (Å²) in [7, 11) is -1.94. The minimum atomic E-state index is -3.38. The first kappa shape index (κ1) is 18.1. The predicted molar refractivity (Wildman–Crippen MR) is 75.8 cm³/mol. The van der Waals surface area contributed by atoms with Gasteiger partial charge in [0.15, 0.2) is 5.76 Å². The van der Waals surface area contributed by atoms with E-state index in [1.54, 1.807) is 0 Å². The molecule has 10 heteroatoms. The van der Waals surface area contributed by atoms with Gasteiger partial charge in [-0.15, -0.1) is 0 Å². The number of rotatable bonds is 9. The van der Waals surface area contributed by atoms with Crippen molar-refractivity contribution in [1.82, 2.24) is 9.62 Å². The first-order valence-corrected chi connectivity index (χ1v) is 8.15. The van der Waals surface area contributed by atoms with E-state index in [9.17, 15) is 18.0 Å². The molecular weight excluding hydrogens is 316 g/mol. The Bertz CT molecular complexity index is 623. The molecule has 0 aliphatic carbocycles. The number of carbonyl (C=O) groups is 2. The van der Waals surface area contributed by atoms with Gasteiger partial charge in [-0.3, -0.25) is 9.59 Å². The van der Waals surface area contributed by atoms with Crippen molar-refractivity contribution in [3.8, 4) is 0 Å². The number of carboxylic acid groups (broad SMARTS) is 1. The van der Waals surface area contributed by atoms with Gasteiger partial charge in [-0.25, -0.2) is 13.1 Å². The lowest BCUT2D eigenvalue weighted by Gasteiger charge is -2.18. The van der Waals surface area contributed by atoms with Crippen molar-refractivity contribution in [2.75, 3.05) is 33.1 Å². The topological polar surface area (TPSA) is 126 Å². The van der Waals surface area contributed by atoms with Crippen LogP contribution in [0.5, 0.6) is 0 Å². The molecule has 0 aromatic carbocycles. The Balaban J connectivity index is 2.77. The standard InChI is InChI=1S/C12H18N2O7S/c1-20-6-5-14(8-11(15)16)12(17)10-4-3-9(21-10)7-13-22(2,18)19/h3-4,13H,5-8H2,1-2H3,(H,15,16). The van der Waals surface area contributed by atoms with Crippen LogP contribution in [0.1, 0.15) is 16.3 Å². The highest BCUT2D eigenvalue weighted by Crippen LogP contribution is 2.11. The molecule has 0 atom stereocenters. The molecule has 0 saturated carbocycles. The number of nitrogens with zero attached hydrogens (tertiary/aromatic N) is 1. The molecule has 1 amide bonds. The number of hydrogen-bond donors (Lipinski definition) is 2. The van der Waals surface area contributed by atoms with Crippen LogP contribution in [0, 0.1) is 0 Å². The highest BCUT2D eigenvalue weighted by molar-refractivity contribution is 7.88. The third-order valence-corrected chi connectivity index (χ3v) is 3.23. The van der Waals surface area contributed by atoms with Gasteiger partial charge >= 0.3 is 5.97 Å². The van der Waals surface area contributed by atoms with Crippen LogP contribution in [0.3, 0.4) is 0 Å². The van der Waals surface area contributed by atoms with Crippen molar-refractivity contribution in [1.29, 1.82) is 0 Å². The van der Waals surface area contributed by atoms with Crippen LogP contribution in [-0.2, 0) is 26.1 Å². The molecule has 0 spiro atoms. The largest absolute Gasteiger partial charge is 0.480 e. The van der Waals surface area contributed by atoms with E-state index in [-0.39, 0.29) is 31.2 Å². The lowest BCUT2D eigenvalue weighted by molar-refractivity contribution is -0.137. The van der Waals surface area contributed by atoms with Crippen molar-refractivity contribution in [3.63, 3.8) is 0 Å². The van der Waals surface area contributed by atoms with Gasteiger partial charge in [0.05, 0.1) is 19.4 Å². The van der Waals surface area contributed by atoms with Gasteiger partial charge < -0.3 is 19.2 Å². The Hall–Kier alpha value is -1.91. The second-order valence-electron chi connectivity index (χ2n) is 4.47. The molecular formula is C12H18N2O7S. The van der Waals surface area contributed by atoms with E-state index >= 15 is 0 Å². The molecule has 1 heterocycles. The fourth-order valence-corrected chi connectivity index (χ4v) is 1.97. The normalized spacial score (nSPS) is 11.4. The maximum Gasteiger partial charge on any atom is 0.323 e. The van der Waals surface area contributed by atoms with E-state index in [0.717, 1.165) is 11.2 Å². The molecule has 124 valence electrons. The Morgan fingerprint density at radius 1 is 1.41 bits per heavy atom. The Morgan fingerprint density at radius 3 is 2.64 bits per heavy atom. The average Bonchev–Trinajstić information content (AvgIpc) is 2.88. The Kier molecular flexibility index (Phi) is 6.53. The number of ether oxygens (including phenoxy) is 1. The molecule has 0 saturated heterocycles. The number of nitrogens with one attached hydrogen (secondary N) is 1. The van der Waals surface area contributed by atoms with E-state index < -0.39 is 28.4 Å². The van der Waals surface area contributed by atoms with Gasteiger partial charge in [0.2, 0.25) is 10.0 Å². The van der Waals surface area contributed by atoms with E-state index in [0.29, 0.717) is 0 Å². The number of furan rings is 1. The van der Waals surface area contributed by atoms with Crippen LogP contribution in [0.2, 0.25) is 0 Å². The maximum absolute atomic E-state index is 12.2. The smallest absolute Gasteiger partial charge is 0.323 e. The lowest BCUT2D eigenvalue weighted by atomic mass is 10.3. The zero-order valence-corrected chi connectivity index (χ0v) is 13.1. The molecule has 0 aliphatic heterocycles. The molecule has 2 N–H and O–H groups in total. The molecule has 0 bridgehead atoms. The van der Waals surface area contributed by atoms with E-state index in [1.807, 2.05) is 0 Å². The molecule has 1 rings (SSSR count). The van der Waals surface area contributed by atoms with Crippen LogP contribution in [-0.4, -0.2) is 63.4 Å². The van der Waals surface area contributed by atoms with Crippen molar-refractivity contribution in [2.45, 2.75) is 6.54 Å². The van der Waals surface area contributed by atoms with Crippen molar-refractivity contribution >= 4 is 21.9 Å². The minimum absolute atomic E-state index is 0.0670. The number of sulfonamides is 1. The average molecular weight is 334 g/mol. The van der Waals surface area contributed by atoms with Gasteiger partial charge in [-0.1, -0.05) is 0 Å². The molecule has 0 unspecified atom stereocenters. The summed E-state index contributed by atoms with van der Waals surface area (Å²) >= 11 is 0. The molecule has 1 aromatic rings. The molecule has 1 aromatic heterocycles. The second kappa shape index (κ2) is 7.92. The molecule has 9 nitrogen and oxygen atoms in total. The number of carbonyl (C=O) groups excluding carboxylic acids is 1. The zero-order valence-electron chi connectivity index (χ0n) is 12.2. The van der Waals surface area contributed by atoms with Crippen molar-refractivity contribution in [3.05, 3.63) is 23.7 Å². The second-order valence-corrected chi connectivity index (χ2v) is 6.31. The highest BCUT2D eigenvalue weighted by atomic mass is 32.2. The van der Waals surface area contributed by atoms with Gasteiger partial charge in [0.1, 0.15) is 12.3 Å². The van der Waals surface area contributed by atoms with E-state index in [4.69, 9.17) is 14.3 Å². The summed E-state index contributed by atoms with van der Waals surface area (Å²) in [5.74, 6) is -1.58. The number of amides is 1. The quantitative estimate of drug-likeness (QED) is 0.623. The maximum atomic E-state index is 12.2. The Labute approximate surface area is 127 Å². The number of hydrogen-bond acceptors (Lipinski definition) is 6. The third kappa shape index (κ3) is 6.24. The summed E-state index contributed by atoms with van der Waals surface area (Å²) in [6.07, 6.45) is 1.00. The van der Waals surface area contributed by atoms with Crippen LogP contribution in [0.25, 0.3) is 0 Å². The van der Waals surface area contributed by atoms with Crippen LogP contribution < -0.4 is 4.72 Å². The zero-order chi connectivity index (χ0) is 16.8. The van der Waals surface area contributed by atoms with Crippen LogP contribution in [0.15, 0.2) is 16.5 Å². The van der Waals surface area contributed by atoms with Crippen LogP contribution in [0.4, 0.5) is 0 Å². The highest BCUT2D eigenvalue weighted by Gasteiger charge is 2.21. The van der Waals surface area contributed by atoms with Crippen molar-refractivity contribution < 1.29 is 32.3 Å². The summed E-state index contributed by atoms with van der Waals surface area (Å²) in [4.78, 5) is 24.0. The molecule has 0 aliphatic rings. The predicted octanol–water partition coefficient (Wildman–Crippen LogP) is -0.498. The lowest BCUT2D eigenvalue weighted by Crippen LogP contribution is -2.37. The summed E-state index contributed by atoms with van der Waals surface area (Å²) in [6, 6.07) is 2.81. The van der Waals surface area contributed by atoms with Gasteiger partial charge in [-0.2, -0.15) is 0 Å². The molecule has 22 heavy (non-hydrogen) atoms. The number of carboxylic acids is 1. The number of aliphatic carboxylic acids is 1. The van der Waals surface area contributed by atoms with Gasteiger partial charge in [0.25, 0.3) is 5.91 Å². The first-order chi connectivity index (χ1) is 10.2. The van der Waals surface area contributed by atoms with Crippen molar-refractivity contribution in [2.24, 2.45) is 0 Å². The molecule has 0 fully saturated rings. The van der Waals surface area contributed by atoms with E-state index in [2.05, 4.69) is 4.72 Å². The fraction of sp³-hybridized carbons (Fsp3) is 0.500. The molecule has 0 radical (unpaired) electrons. The number of methoxy groups -OCH3 is 1. The monoisotopic (exact) mass is 334 g/mol. The van der Waals surface area contributed by atoms with E-state index in [1.165, 1.54) is 19.2 Å². The first-order valence-electron chi connectivity index (χ1n) is 6.26. The third-order valence-electron chi connectivity index (χ3n) is 2.56. The summed E-state index contributed by atoms with van der Waals surface area (Å²) < 4.78 is 34.3. The SMILES string of the molecule is COCCN(CC(=O)O)C(=O)c1ccc(CNS(C)(=O)=O)o1. The Morgan fingerprint density at radius 2 is 2.09 bits per heavy atom. The van der Waals surface area contributed by atoms with Gasteiger partial charge in [-0.05, 0) is 12.1 Å². The summed E-state index contributed by atoms with van der Waals surface area (Å²) in [6.45, 7) is -0.301. The van der Waals surface area contributed by atoms with Gasteiger partial charge in [0, 0.05) is 13.7 Å². The summed E-state index contributed by atoms with van der Waals surface area (Å²) in [5.41, 5.74) is 0. The fourth-order valence-electron chi connectivity index (χ4n) is 1.56. The van der Waals surface area contributed by atoms with Crippen LogP contribution >= 0.6 is 0 Å². The minimum Gasteiger partial charge on any atom is -0.480 e. The summed E-state index contributed by atoms with van der Waals surface area (Å²) in [5, 5.41) is 8.82.